The number of carbonyl (C=O) groups is 1. The van der Waals surface area contributed by atoms with Gasteiger partial charge >= 0.3 is 0 Å². The highest BCUT2D eigenvalue weighted by Gasteiger charge is 2.12. The number of nitrogens with zero attached hydrogens (tertiary/aromatic N) is 1. The largest absolute Gasteiger partial charge is 0.322 e. The fourth-order valence-corrected chi connectivity index (χ4v) is 2.64. The lowest BCUT2D eigenvalue weighted by molar-refractivity contribution is 0.102. The van der Waals surface area contributed by atoms with Crippen LogP contribution < -0.4 is 5.32 Å². The molecule has 1 aromatic carbocycles. The molecule has 0 saturated carbocycles. The number of amides is 1. The molecule has 0 fully saturated rings. The van der Waals surface area contributed by atoms with E-state index in [2.05, 4.69) is 5.32 Å². The van der Waals surface area contributed by atoms with Crippen LogP contribution in [-0.2, 0) is 0 Å². The number of anilines is 1. The van der Waals surface area contributed by atoms with Gasteiger partial charge in [0.05, 0.1) is 17.2 Å². The molecule has 4 heteroatoms. The van der Waals surface area contributed by atoms with E-state index in [-0.39, 0.29) is 5.91 Å². The molecule has 18 heavy (non-hydrogen) atoms. The summed E-state index contributed by atoms with van der Waals surface area (Å²) >= 11 is 1.60. The molecule has 1 heterocycles. The summed E-state index contributed by atoms with van der Waals surface area (Å²) in [6.07, 6.45) is 0. The van der Waals surface area contributed by atoms with E-state index in [1.54, 1.807) is 35.6 Å². The van der Waals surface area contributed by atoms with E-state index in [0.29, 0.717) is 16.8 Å². The van der Waals surface area contributed by atoms with Gasteiger partial charge in [-0.2, -0.15) is 5.26 Å². The summed E-state index contributed by atoms with van der Waals surface area (Å²) in [6, 6.07) is 10.8. The second-order valence-electron chi connectivity index (χ2n) is 3.97. The first kappa shape index (κ1) is 12.3. The van der Waals surface area contributed by atoms with Crippen molar-refractivity contribution in [3.05, 3.63) is 51.2 Å². The fourth-order valence-electron chi connectivity index (χ4n) is 1.72. The second-order valence-corrected chi connectivity index (χ2v) is 5.43. The van der Waals surface area contributed by atoms with Crippen LogP contribution in [0.15, 0.2) is 30.3 Å². The van der Waals surface area contributed by atoms with Gasteiger partial charge in [0, 0.05) is 15.4 Å². The maximum atomic E-state index is 12.1. The highest BCUT2D eigenvalue weighted by atomic mass is 32.1. The average molecular weight is 256 g/mol. The van der Waals surface area contributed by atoms with Gasteiger partial charge in [-0.1, -0.05) is 6.07 Å². The quantitative estimate of drug-likeness (QED) is 0.894. The molecule has 1 amide bonds. The number of hydrogen-bond donors (Lipinski definition) is 1. The third kappa shape index (κ3) is 2.58. The van der Waals surface area contributed by atoms with Crippen molar-refractivity contribution in [3.63, 3.8) is 0 Å². The zero-order valence-corrected chi connectivity index (χ0v) is 11.0. The van der Waals surface area contributed by atoms with Gasteiger partial charge in [0.25, 0.3) is 5.91 Å². The standard InChI is InChI=1S/C14H12N2OS/c1-9-6-13(10(2)18-9)14(17)16-12-5-3-4-11(7-12)8-15/h3-7H,1-2H3,(H,16,17). The number of aryl methyl sites for hydroxylation is 2. The van der Waals surface area contributed by atoms with Crippen LogP contribution in [0.3, 0.4) is 0 Å². The third-order valence-corrected chi connectivity index (χ3v) is 3.50. The molecule has 0 atom stereocenters. The summed E-state index contributed by atoms with van der Waals surface area (Å²) in [7, 11) is 0. The van der Waals surface area contributed by atoms with E-state index in [9.17, 15) is 4.79 Å². The Morgan fingerprint density at radius 1 is 1.33 bits per heavy atom. The van der Waals surface area contributed by atoms with Crippen molar-refractivity contribution < 1.29 is 4.79 Å². The van der Waals surface area contributed by atoms with Crippen molar-refractivity contribution in [2.45, 2.75) is 13.8 Å². The maximum Gasteiger partial charge on any atom is 0.256 e. The zero-order chi connectivity index (χ0) is 13.1. The zero-order valence-electron chi connectivity index (χ0n) is 10.2. The Labute approximate surface area is 110 Å². The Balaban J connectivity index is 2.21. The van der Waals surface area contributed by atoms with Crippen LogP contribution in [0.25, 0.3) is 0 Å². The van der Waals surface area contributed by atoms with Crippen LogP contribution >= 0.6 is 11.3 Å². The van der Waals surface area contributed by atoms with Crippen molar-refractivity contribution >= 4 is 22.9 Å². The highest BCUT2D eigenvalue weighted by Crippen LogP contribution is 2.21. The molecule has 2 aromatic rings. The molecule has 3 nitrogen and oxygen atoms in total. The predicted molar refractivity (Wildman–Crippen MR) is 72.9 cm³/mol. The summed E-state index contributed by atoms with van der Waals surface area (Å²) < 4.78 is 0. The number of carbonyl (C=O) groups excluding carboxylic acids is 1. The summed E-state index contributed by atoms with van der Waals surface area (Å²) in [5, 5.41) is 11.6. The number of rotatable bonds is 2. The van der Waals surface area contributed by atoms with Crippen molar-refractivity contribution in [2.24, 2.45) is 0 Å². The average Bonchev–Trinajstić information content (AvgIpc) is 2.69. The number of nitriles is 1. The Kier molecular flexibility index (Phi) is 3.45. The molecule has 0 aliphatic rings. The van der Waals surface area contributed by atoms with Crippen LogP contribution in [0, 0.1) is 25.2 Å². The topological polar surface area (TPSA) is 52.9 Å². The summed E-state index contributed by atoms with van der Waals surface area (Å²) in [4.78, 5) is 14.2. The number of thiophene rings is 1. The number of hydrogen-bond acceptors (Lipinski definition) is 3. The molecule has 1 N–H and O–H groups in total. The van der Waals surface area contributed by atoms with Gasteiger partial charge in [-0.15, -0.1) is 11.3 Å². The molecule has 0 aliphatic carbocycles. The van der Waals surface area contributed by atoms with Gasteiger partial charge in [0.15, 0.2) is 0 Å². The highest BCUT2D eigenvalue weighted by molar-refractivity contribution is 7.12. The van der Waals surface area contributed by atoms with Crippen molar-refractivity contribution in [2.75, 3.05) is 5.32 Å². The summed E-state index contributed by atoms with van der Waals surface area (Å²) in [5.74, 6) is -0.132. The maximum absolute atomic E-state index is 12.1. The molecule has 0 bridgehead atoms. The lowest BCUT2D eigenvalue weighted by Gasteiger charge is -2.04. The van der Waals surface area contributed by atoms with Crippen LogP contribution in [0.2, 0.25) is 0 Å². The monoisotopic (exact) mass is 256 g/mol. The van der Waals surface area contributed by atoms with Gasteiger partial charge in [-0.3, -0.25) is 4.79 Å². The van der Waals surface area contributed by atoms with Gasteiger partial charge in [-0.05, 0) is 38.1 Å². The molecule has 0 aliphatic heterocycles. The van der Waals surface area contributed by atoms with Crippen LogP contribution in [0.4, 0.5) is 5.69 Å². The van der Waals surface area contributed by atoms with Gasteiger partial charge in [0.1, 0.15) is 0 Å². The molecular weight excluding hydrogens is 244 g/mol. The summed E-state index contributed by atoms with van der Waals surface area (Å²) in [5.41, 5.74) is 1.87. The summed E-state index contributed by atoms with van der Waals surface area (Å²) in [6.45, 7) is 3.91. The normalized spacial score (nSPS) is 9.83. The lowest BCUT2D eigenvalue weighted by Crippen LogP contribution is -2.12. The van der Waals surface area contributed by atoms with Crippen LogP contribution in [0.5, 0.6) is 0 Å². The Morgan fingerprint density at radius 3 is 2.72 bits per heavy atom. The Morgan fingerprint density at radius 2 is 2.11 bits per heavy atom. The molecule has 90 valence electrons. The van der Waals surface area contributed by atoms with E-state index in [1.165, 1.54) is 0 Å². The first-order chi connectivity index (χ1) is 8.60. The molecular formula is C14H12N2OS. The van der Waals surface area contributed by atoms with Crippen LogP contribution in [0.1, 0.15) is 25.7 Å². The van der Waals surface area contributed by atoms with E-state index < -0.39 is 0 Å². The van der Waals surface area contributed by atoms with Gasteiger partial charge in [-0.25, -0.2) is 0 Å². The van der Waals surface area contributed by atoms with Crippen molar-refractivity contribution in [1.82, 2.24) is 0 Å². The molecule has 0 saturated heterocycles. The van der Waals surface area contributed by atoms with Gasteiger partial charge < -0.3 is 5.32 Å². The van der Waals surface area contributed by atoms with E-state index in [0.717, 1.165) is 9.75 Å². The van der Waals surface area contributed by atoms with E-state index in [4.69, 9.17) is 5.26 Å². The molecule has 0 radical (unpaired) electrons. The SMILES string of the molecule is Cc1cc(C(=O)Nc2cccc(C#N)c2)c(C)s1. The minimum absolute atomic E-state index is 0.132. The fraction of sp³-hybridized carbons (Fsp3) is 0.143. The van der Waals surface area contributed by atoms with Crippen LogP contribution in [-0.4, -0.2) is 5.91 Å². The number of nitrogens with one attached hydrogen (secondary N) is 1. The second kappa shape index (κ2) is 5.03. The molecule has 0 unspecified atom stereocenters. The van der Waals surface area contributed by atoms with Crippen molar-refractivity contribution in [1.29, 1.82) is 5.26 Å². The first-order valence-electron chi connectivity index (χ1n) is 5.48. The third-order valence-electron chi connectivity index (χ3n) is 2.54. The minimum atomic E-state index is -0.132. The number of benzene rings is 1. The Hall–Kier alpha value is -2.12. The predicted octanol–water partition coefficient (Wildman–Crippen LogP) is 3.49. The van der Waals surface area contributed by atoms with Crippen molar-refractivity contribution in [3.8, 4) is 6.07 Å². The van der Waals surface area contributed by atoms with E-state index >= 15 is 0 Å². The molecule has 1 aromatic heterocycles. The van der Waals surface area contributed by atoms with E-state index in [1.807, 2.05) is 26.0 Å². The lowest BCUT2D eigenvalue weighted by atomic mass is 10.2. The smallest absolute Gasteiger partial charge is 0.256 e. The molecule has 2 rings (SSSR count). The minimum Gasteiger partial charge on any atom is -0.322 e. The first-order valence-corrected chi connectivity index (χ1v) is 6.30. The van der Waals surface area contributed by atoms with Gasteiger partial charge in [0.2, 0.25) is 0 Å². The Bertz CT molecular complexity index is 637. The molecule has 0 spiro atoms.